The predicted molar refractivity (Wildman–Crippen MR) is 62.9 cm³/mol. The van der Waals surface area contributed by atoms with Crippen molar-refractivity contribution < 1.29 is 13.6 Å². The summed E-state index contributed by atoms with van der Waals surface area (Å²) >= 11 is 5.46. The molecule has 1 aromatic carbocycles. The van der Waals surface area contributed by atoms with E-state index in [0.717, 1.165) is 18.2 Å². The summed E-state index contributed by atoms with van der Waals surface area (Å²) in [6, 6.07) is 2.61. The molecule has 1 aromatic rings. The van der Waals surface area contributed by atoms with Gasteiger partial charge in [-0.05, 0) is 31.5 Å². The number of carbonyl (C=O) groups is 1. The Morgan fingerprint density at radius 1 is 1.47 bits per heavy atom. The third-order valence-electron chi connectivity index (χ3n) is 2.34. The van der Waals surface area contributed by atoms with Crippen LogP contribution in [-0.4, -0.2) is 11.8 Å². The first-order valence-corrected chi connectivity index (χ1v) is 5.88. The number of rotatable bonds is 5. The largest absolute Gasteiger partial charge is 0.349 e. The minimum atomic E-state index is -0.562. The van der Waals surface area contributed by atoms with Crippen molar-refractivity contribution in [2.75, 3.05) is 5.88 Å². The smallest absolute Gasteiger partial charge is 0.220 e. The summed E-state index contributed by atoms with van der Waals surface area (Å²) in [5, 5.41) is 2.59. The highest BCUT2D eigenvalue weighted by Gasteiger charge is 2.14. The van der Waals surface area contributed by atoms with Gasteiger partial charge in [-0.1, -0.05) is 0 Å². The Kier molecular flexibility index (Phi) is 5.35. The molecule has 1 amide bonds. The van der Waals surface area contributed by atoms with Gasteiger partial charge in [-0.2, -0.15) is 0 Å². The normalized spacial score (nSPS) is 12.2. The number of amides is 1. The van der Waals surface area contributed by atoms with E-state index >= 15 is 0 Å². The number of hydrogen-bond acceptors (Lipinski definition) is 1. The van der Waals surface area contributed by atoms with Crippen LogP contribution in [0.5, 0.6) is 0 Å². The molecule has 2 nitrogen and oxygen atoms in total. The molecule has 0 fully saturated rings. The fourth-order valence-corrected chi connectivity index (χ4v) is 1.60. The Balaban J connectivity index is 2.66. The molecule has 0 radical (unpaired) electrons. The van der Waals surface area contributed by atoms with Gasteiger partial charge in [0.25, 0.3) is 0 Å². The molecule has 94 valence electrons. The highest BCUT2D eigenvalue weighted by Crippen LogP contribution is 2.18. The lowest BCUT2D eigenvalue weighted by Gasteiger charge is -2.15. The molecular weight excluding hydrogens is 248 g/mol. The van der Waals surface area contributed by atoms with Gasteiger partial charge in [0.2, 0.25) is 5.91 Å². The summed E-state index contributed by atoms with van der Waals surface area (Å²) in [4.78, 5) is 11.4. The van der Waals surface area contributed by atoms with Crippen LogP contribution in [0.2, 0.25) is 0 Å². The fraction of sp³-hybridized carbons (Fsp3) is 0.417. The summed E-state index contributed by atoms with van der Waals surface area (Å²) in [5.74, 6) is -0.877. The number of alkyl halides is 1. The number of nitrogens with one attached hydrogen (secondary N) is 1. The number of benzene rings is 1. The Morgan fingerprint density at radius 2 is 2.18 bits per heavy atom. The van der Waals surface area contributed by atoms with Crippen molar-refractivity contribution in [3.05, 3.63) is 35.4 Å². The van der Waals surface area contributed by atoms with E-state index in [9.17, 15) is 13.6 Å². The Morgan fingerprint density at radius 3 is 2.82 bits per heavy atom. The molecule has 0 heterocycles. The van der Waals surface area contributed by atoms with Crippen LogP contribution in [0.15, 0.2) is 18.2 Å². The van der Waals surface area contributed by atoms with Crippen LogP contribution in [0.1, 0.15) is 31.4 Å². The lowest BCUT2D eigenvalue weighted by atomic mass is 10.1. The molecular formula is C12H14ClF2NO. The average Bonchev–Trinajstić information content (AvgIpc) is 2.29. The first kappa shape index (κ1) is 13.9. The van der Waals surface area contributed by atoms with Crippen molar-refractivity contribution in [3.63, 3.8) is 0 Å². The van der Waals surface area contributed by atoms with Gasteiger partial charge in [0.05, 0.1) is 6.04 Å². The molecule has 0 saturated heterocycles. The van der Waals surface area contributed by atoms with Crippen LogP contribution in [-0.2, 0) is 4.79 Å². The SMILES string of the molecule is CC(NC(=O)CCCCl)c1cc(F)ccc1F. The summed E-state index contributed by atoms with van der Waals surface area (Å²) in [6.45, 7) is 1.61. The van der Waals surface area contributed by atoms with Crippen LogP contribution >= 0.6 is 11.6 Å². The molecule has 0 aliphatic rings. The molecule has 0 bridgehead atoms. The topological polar surface area (TPSA) is 29.1 Å². The third-order valence-corrected chi connectivity index (χ3v) is 2.61. The van der Waals surface area contributed by atoms with Crippen LogP contribution in [0.4, 0.5) is 8.78 Å². The average molecular weight is 262 g/mol. The maximum absolute atomic E-state index is 13.4. The minimum Gasteiger partial charge on any atom is -0.349 e. The zero-order chi connectivity index (χ0) is 12.8. The first-order valence-electron chi connectivity index (χ1n) is 5.35. The van der Waals surface area contributed by atoms with Crippen LogP contribution < -0.4 is 5.32 Å². The van der Waals surface area contributed by atoms with E-state index in [1.807, 2.05) is 0 Å². The van der Waals surface area contributed by atoms with Gasteiger partial charge in [0.1, 0.15) is 11.6 Å². The molecule has 17 heavy (non-hydrogen) atoms. The van der Waals surface area contributed by atoms with E-state index in [0.29, 0.717) is 12.3 Å². The first-order chi connectivity index (χ1) is 8.04. The molecule has 0 aromatic heterocycles. The van der Waals surface area contributed by atoms with Gasteiger partial charge in [0, 0.05) is 17.9 Å². The highest BCUT2D eigenvalue weighted by atomic mass is 35.5. The Labute approximate surface area is 104 Å². The maximum atomic E-state index is 13.4. The summed E-state index contributed by atoms with van der Waals surface area (Å²) in [6.07, 6.45) is 0.844. The van der Waals surface area contributed by atoms with Crippen LogP contribution in [0.3, 0.4) is 0 Å². The summed E-state index contributed by atoms with van der Waals surface area (Å²) < 4.78 is 26.3. The van der Waals surface area contributed by atoms with E-state index in [1.54, 1.807) is 6.92 Å². The standard InChI is InChI=1S/C12H14ClF2NO/c1-8(16-12(17)3-2-6-13)10-7-9(14)4-5-11(10)15/h4-5,7-8H,2-3,6H2,1H3,(H,16,17). The Hall–Kier alpha value is -1.16. The number of halogens is 3. The van der Waals surface area contributed by atoms with Gasteiger partial charge in [0.15, 0.2) is 0 Å². The van der Waals surface area contributed by atoms with Crippen molar-refractivity contribution >= 4 is 17.5 Å². The van der Waals surface area contributed by atoms with Gasteiger partial charge in [-0.15, -0.1) is 11.6 Å². The molecule has 0 spiro atoms. The zero-order valence-electron chi connectivity index (χ0n) is 9.47. The van der Waals surface area contributed by atoms with Crippen LogP contribution in [0, 0.1) is 11.6 Å². The quantitative estimate of drug-likeness (QED) is 0.811. The molecule has 1 rings (SSSR count). The van der Waals surface area contributed by atoms with Crippen molar-refractivity contribution in [1.82, 2.24) is 5.32 Å². The van der Waals surface area contributed by atoms with Gasteiger partial charge >= 0.3 is 0 Å². The van der Waals surface area contributed by atoms with Gasteiger partial charge < -0.3 is 5.32 Å². The van der Waals surface area contributed by atoms with E-state index in [2.05, 4.69) is 5.32 Å². The molecule has 0 saturated carbocycles. The predicted octanol–water partition coefficient (Wildman–Crippen LogP) is 3.16. The summed E-state index contributed by atoms with van der Waals surface area (Å²) in [7, 11) is 0. The monoisotopic (exact) mass is 261 g/mol. The number of carbonyl (C=O) groups excluding carboxylic acids is 1. The highest BCUT2D eigenvalue weighted by molar-refractivity contribution is 6.17. The van der Waals surface area contributed by atoms with Crippen LogP contribution in [0.25, 0.3) is 0 Å². The zero-order valence-corrected chi connectivity index (χ0v) is 10.2. The van der Waals surface area contributed by atoms with E-state index < -0.39 is 17.7 Å². The lowest BCUT2D eigenvalue weighted by Crippen LogP contribution is -2.27. The maximum Gasteiger partial charge on any atom is 0.220 e. The van der Waals surface area contributed by atoms with E-state index in [-0.39, 0.29) is 17.9 Å². The molecule has 5 heteroatoms. The van der Waals surface area contributed by atoms with E-state index in [4.69, 9.17) is 11.6 Å². The molecule has 0 aliphatic carbocycles. The Bertz CT molecular complexity index is 398. The summed E-state index contributed by atoms with van der Waals surface area (Å²) in [5.41, 5.74) is 0.143. The molecule has 1 atom stereocenters. The van der Waals surface area contributed by atoms with Crippen molar-refractivity contribution in [2.24, 2.45) is 0 Å². The van der Waals surface area contributed by atoms with Crippen molar-refractivity contribution in [2.45, 2.75) is 25.8 Å². The minimum absolute atomic E-state index is 0.143. The second-order valence-corrected chi connectivity index (χ2v) is 4.13. The molecule has 0 aliphatic heterocycles. The third kappa shape index (κ3) is 4.30. The van der Waals surface area contributed by atoms with Crippen molar-refractivity contribution in [3.8, 4) is 0 Å². The molecule has 1 unspecified atom stereocenters. The van der Waals surface area contributed by atoms with E-state index in [1.165, 1.54) is 0 Å². The van der Waals surface area contributed by atoms with Crippen molar-refractivity contribution in [1.29, 1.82) is 0 Å². The lowest BCUT2D eigenvalue weighted by molar-refractivity contribution is -0.121. The second kappa shape index (κ2) is 6.55. The van der Waals surface area contributed by atoms with Gasteiger partial charge in [-0.3, -0.25) is 4.79 Å². The van der Waals surface area contributed by atoms with Gasteiger partial charge in [-0.25, -0.2) is 8.78 Å². The molecule has 1 N–H and O–H groups in total. The second-order valence-electron chi connectivity index (χ2n) is 3.75. The fourth-order valence-electron chi connectivity index (χ4n) is 1.47. The number of hydrogen-bond donors (Lipinski definition) is 1.